The first-order valence-corrected chi connectivity index (χ1v) is 5.83. The summed E-state index contributed by atoms with van der Waals surface area (Å²) in [6.45, 7) is 7.56. The molecule has 1 atom stereocenters. The summed E-state index contributed by atoms with van der Waals surface area (Å²) in [6.07, 6.45) is 2.40. The predicted molar refractivity (Wildman–Crippen MR) is 60.9 cm³/mol. The molecule has 0 aliphatic heterocycles. The van der Waals surface area contributed by atoms with Crippen molar-refractivity contribution in [2.75, 3.05) is 13.2 Å². The lowest BCUT2D eigenvalue weighted by molar-refractivity contribution is -0.165. The van der Waals surface area contributed by atoms with Gasteiger partial charge in [-0.2, -0.15) is 0 Å². The first-order valence-electron chi connectivity index (χ1n) is 5.83. The quantitative estimate of drug-likeness (QED) is 0.630. The van der Waals surface area contributed by atoms with E-state index in [1.165, 1.54) is 0 Å². The second kappa shape index (κ2) is 7.25. The minimum Gasteiger partial charge on any atom is -0.463 e. The van der Waals surface area contributed by atoms with Crippen LogP contribution in [-0.4, -0.2) is 25.2 Å². The molecular weight excluding hydrogens is 208 g/mol. The molecule has 0 aromatic rings. The zero-order valence-electron chi connectivity index (χ0n) is 10.7. The molecule has 94 valence electrons. The van der Waals surface area contributed by atoms with Crippen LogP contribution in [0.15, 0.2) is 0 Å². The van der Waals surface area contributed by atoms with Crippen molar-refractivity contribution >= 4 is 11.9 Å². The molecule has 0 heterocycles. The van der Waals surface area contributed by atoms with Crippen molar-refractivity contribution in [2.45, 2.75) is 47.0 Å². The first kappa shape index (κ1) is 14.9. The number of hydrogen-bond donors (Lipinski definition) is 0. The van der Waals surface area contributed by atoms with Crippen molar-refractivity contribution in [3.63, 3.8) is 0 Å². The molecule has 0 aromatic carbocycles. The van der Waals surface area contributed by atoms with Gasteiger partial charge in [-0.3, -0.25) is 4.79 Å². The van der Waals surface area contributed by atoms with Gasteiger partial charge in [-0.05, 0) is 26.7 Å². The molecule has 1 unspecified atom stereocenters. The maximum atomic E-state index is 11.8. The topological polar surface area (TPSA) is 52.6 Å². The summed E-state index contributed by atoms with van der Waals surface area (Å²) < 4.78 is 9.63. The van der Waals surface area contributed by atoms with E-state index in [1.54, 1.807) is 6.92 Å². The number of hydrogen-bond acceptors (Lipinski definition) is 4. The SMILES string of the molecule is CCCC(C)(CC)C(=O)OCC(=O)OCC. The monoisotopic (exact) mass is 230 g/mol. The predicted octanol–water partition coefficient (Wildman–Crippen LogP) is 2.31. The van der Waals surface area contributed by atoms with Gasteiger partial charge in [0.15, 0.2) is 6.61 Å². The Bertz CT molecular complexity index is 237. The van der Waals surface area contributed by atoms with Gasteiger partial charge in [0.1, 0.15) is 0 Å². The zero-order chi connectivity index (χ0) is 12.6. The van der Waals surface area contributed by atoms with Gasteiger partial charge in [-0.25, -0.2) is 4.79 Å². The highest BCUT2D eigenvalue weighted by molar-refractivity contribution is 5.80. The number of ether oxygens (including phenoxy) is 2. The smallest absolute Gasteiger partial charge is 0.344 e. The van der Waals surface area contributed by atoms with Crippen LogP contribution < -0.4 is 0 Å². The van der Waals surface area contributed by atoms with Gasteiger partial charge in [0, 0.05) is 0 Å². The average molecular weight is 230 g/mol. The summed E-state index contributed by atoms with van der Waals surface area (Å²) in [5.41, 5.74) is -0.485. The molecule has 0 rings (SSSR count). The Morgan fingerprint density at radius 1 is 1.12 bits per heavy atom. The summed E-state index contributed by atoms with van der Waals surface area (Å²) in [7, 11) is 0. The Morgan fingerprint density at radius 2 is 1.75 bits per heavy atom. The van der Waals surface area contributed by atoms with Gasteiger partial charge in [0.25, 0.3) is 0 Å². The van der Waals surface area contributed by atoms with E-state index in [4.69, 9.17) is 4.74 Å². The number of carbonyl (C=O) groups is 2. The summed E-state index contributed by atoms with van der Waals surface area (Å²) in [6, 6.07) is 0. The largest absolute Gasteiger partial charge is 0.463 e. The lowest BCUT2D eigenvalue weighted by Crippen LogP contribution is -2.31. The normalized spacial score (nSPS) is 14.0. The second-order valence-corrected chi connectivity index (χ2v) is 4.05. The number of carbonyl (C=O) groups excluding carboxylic acids is 2. The van der Waals surface area contributed by atoms with Gasteiger partial charge >= 0.3 is 11.9 Å². The fourth-order valence-corrected chi connectivity index (χ4v) is 1.48. The van der Waals surface area contributed by atoms with Crippen LogP contribution in [0.25, 0.3) is 0 Å². The first-order chi connectivity index (χ1) is 7.50. The van der Waals surface area contributed by atoms with E-state index in [0.717, 1.165) is 12.8 Å². The van der Waals surface area contributed by atoms with Gasteiger partial charge in [0.05, 0.1) is 12.0 Å². The summed E-state index contributed by atoms with van der Waals surface area (Å²) in [5, 5.41) is 0. The highest BCUT2D eigenvalue weighted by Crippen LogP contribution is 2.28. The van der Waals surface area contributed by atoms with Crippen LogP contribution in [0, 0.1) is 5.41 Å². The summed E-state index contributed by atoms with van der Waals surface area (Å²) in [4.78, 5) is 22.8. The Labute approximate surface area is 97.3 Å². The molecule has 16 heavy (non-hydrogen) atoms. The van der Waals surface area contributed by atoms with Crippen molar-refractivity contribution in [3.8, 4) is 0 Å². The number of rotatable bonds is 7. The molecule has 0 amide bonds. The van der Waals surface area contributed by atoms with Crippen LogP contribution in [0.5, 0.6) is 0 Å². The highest BCUT2D eigenvalue weighted by Gasteiger charge is 2.32. The van der Waals surface area contributed by atoms with Gasteiger partial charge in [-0.1, -0.05) is 20.3 Å². The van der Waals surface area contributed by atoms with E-state index in [-0.39, 0.29) is 12.6 Å². The van der Waals surface area contributed by atoms with Crippen molar-refractivity contribution in [1.82, 2.24) is 0 Å². The van der Waals surface area contributed by atoms with Crippen LogP contribution in [0.4, 0.5) is 0 Å². The molecule has 0 saturated carbocycles. The molecule has 4 heteroatoms. The molecule has 0 aliphatic rings. The maximum absolute atomic E-state index is 11.8. The van der Waals surface area contributed by atoms with E-state index < -0.39 is 11.4 Å². The molecule has 0 saturated heterocycles. The molecule has 0 aliphatic carbocycles. The Hall–Kier alpha value is -1.06. The van der Waals surface area contributed by atoms with Crippen molar-refractivity contribution < 1.29 is 19.1 Å². The Balaban J connectivity index is 4.17. The van der Waals surface area contributed by atoms with Crippen LogP contribution in [0.2, 0.25) is 0 Å². The Kier molecular flexibility index (Phi) is 6.77. The van der Waals surface area contributed by atoms with Gasteiger partial charge in [-0.15, -0.1) is 0 Å². The molecule has 4 nitrogen and oxygen atoms in total. The van der Waals surface area contributed by atoms with Gasteiger partial charge in [0.2, 0.25) is 0 Å². The molecule has 0 radical (unpaired) electrons. The van der Waals surface area contributed by atoms with Crippen LogP contribution in [0.1, 0.15) is 47.0 Å². The lowest BCUT2D eigenvalue weighted by atomic mass is 9.83. The minimum absolute atomic E-state index is 0.286. The average Bonchev–Trinajstić information content (AvgIpc) is 2.26. The van der Waals surface area contributed by atoms with Crippen molar-refractivity contribution in [3.05, 3.63) is 0 Å². The third-order valence-corrected chi connectivity index (χ3v) is 2.70. The van der Waals surface area contributed by atoms with Crippen LogP contribution >= 0.6 is 0 Å². The molecule has 0 fully saturated rings. The third kappa shape index (κ3) is 4.64. The van der Waals surface area contributed by atoms with E-state index in [2.05, 4.69) is 4.74 Å². The molecule has 0 N–H and O–H groups in total. The van der Waals surface area contributed by atoms with E-state index >= 15 is 0 Å². The standard InChI is InChI=1S/C12H22O4/c1-5-8-12(4,6-2)11(14)16-9-10(13)15-7-3/h5-9H2,1-4H3. The molecular formula is C12H22O4. The fraction of sp³-hybridized carbons (Fsp3) is 0.833. The third-order valence-electron chi connectivity index (χ3n) is 2.70. The molecule has 0 aromatic heterocycles. The second-order valence-electron chi connectivity index (χ2n) is 4.05. The fourth-order valence-electron chi connectivity index (χ4n) is 1.48. The highest BCUT2D eigenvalue weighted by atomic mass is 16.6. The maximum Gasteiger partial charge on any atom is 0.344 e. The molecule has 0 spiro atoms. The van der Waals surface area contributed by atoms with Gasteiger partial charge < -0.3 is 9.47 Å². The van der Waals surface area contributed by atoms with E-state index in [1.807, 2.05) is 20.8 Å². The lowest BCUT2D eigenvalue weighted by Gasteiger charge is -2.24. The summed E-state index contributed by atoms with van der Waals surface area (Å²) in [5.74, 6) is -0.810. The van der Waals surface area contributed by atoms with Crippen molar-refractivity contribution in [2.24, 2.45) is 5.41 Å². The van der Waals surface area contributed by atoms with E-state index in [9.17, 15) is 9.59 Å². The summed E-state index contributed by atoms with van der Waals surface area (Å²) >= 11 is 0. The van der Waals surface area contributed by atoms with Crippen molar-refractivity contribution in [1.29, 1.82) is 0 Å². The van der Waals surface area contributed by atoms with Crippen LogP contribution in [0.3, 0.4) is 0 Å². The minimum atomic E-state index is -0.495. The Morgan fingerprint density at radius 3 is 2.19 bits per heavy atom. The van der Waals surface area contributed by atoms with E-state index in [0.29, 0.717) is 13.0 Å². The number of esters is 2. The van der Waals surface area contributed by atoms with Crippen LogP contribution in [-0.2, 0) is 19.1 Å². The zero-order valence-corrected chi connectivity index (χ0v) is 10.7. The molecule has 0 bridgehead atoms.